The first-order valence-electron chi connectivity index (χ1n) is 9.80. The highest BCUT2D eigenvalue weighted by atomic mass is 32.1. The Kier molecular flexibility index (Phi) is 4.01. The molecule has 1 aromatic carbocycles. The third kappa shape index (κ3) is 2.82. The molecule has 0 N–H and O–H groups in total. The van der Waals surface area contributed by atoms with Gasteiger partial charge in [-0.3, -0.25) is 19.8 Å². The zero-order chi connectivity index (χ0) is 19.5. The highest BCUT2D eigenvalue weighted by molar-refractivity contribution is 7.15. The van der Waals surface area contributed by atoms with Crippen LogP contribution in [-0.2, 0) is 5.41 Å². The lowest BCUT2D eigenvalue weighted by Gasteiger charge is -2.55. The summed E-state index contributed by atoms with van der Waals surface area (Å²) < 4.78 is 0. The van der Waals surface area contributed by atoms with Crippen molar-refractivity contribution in [3.8, 4) is 0 Å². The molecule has 1 amide bonds. The van der Waals surface area contributed by atoms with E-state index in [1.165, 1.54) is 73.0 Å². The fraction of sp³-hybridized carbons (Fsp3) is 0.550. The number of nitrogens with zero attached hydrogens (tertiary/aromatic N) is 4. The number of aromatic nitrogens is 2. The smallest absolute Gasteiger partial charge is 0.270 e. The number of nitro benzene ring substituents is 1. The molecule has 0 spiro atoms. The van der Waals surface area contributed by atoms with Gasteiger partial charge in [-0.25, -0.2) is 0 Å². The number of hydrogen-bond donors (Lipinski definition) is 0. The van der Waals surface area contributed by atoms with Crippen molar-refractivity contribution in [3.63, 3.8) is 0 Å². The maximum atomic E-state index is 12.8. The summed E-state index contributed by atoms with van der Waals surface area (Å²) in [5.74, 6) is 2.16. The van der Waals surface area contributed by atoms with Gasteiger partial charge >= 0.3 is 0 Å². The molecule has 0 aliphatic heterocycles. The standard InChI is InChI=1S/C20H22N4O3S/c1-23(17(25)15-3-2-4-16(8-15)24(26)27)19-22-21-18(28-19)20-9-12-5-13(10-20)7-14(6-12)11-20/h2-4,8,12-14H,5-7,9-11H2,1H3. The van der Waals surface area contributed by atoms with Gasteiger partial charge in [-0.1, -0.05) is 17.4 Å². The Hall–Kier alpha value is -2.35. The lowest BCUT2D eigenvalue weighted by molar-refractivity contribution is -0.384. The summed E-state index contributed by atoms with van der Waals surface area (Å²) in [4.78, 5) is 24.8. The highest BCUT2D eigenvalue weighted by Crippen LogP contribution is 2.61. The summed E-state index contributed by atoms with van der Waals surface area (Å²) in [5, 5.41) is 21.4. The molecule has 2 aromatic rings. The molecule has 0 radical (unpaired) electrons. The van der Waals surface area contributed by atoms with E-state index >= 15 is 0 Å². The summed E-state index contributed by atoms with van der Waals surface area (Å²) in [5.41, 5.74) is 0.342. The van der Waals surface area contributed by atoms with Crippen molar-refractivity contribution in [2.75, 3.05) is 11.9 Å². The van der Waals surface area contributed by atoms with Crippen LogP contribution >= 0.6 is 11.3 Å². The van der Waals surface area contributed by atoms with Crippen molar-refractivity contribution in [1.82, 2.24) is 10.2 Å². The minimum Gasteiger partial charge on any atom is -0.286 e. The van der Waals surface area contributed by atoms with Crippen molar-refractivity contribution >= 4 is 28.1 Å². The minimum atomic E-state index is -0.493. The molecule has 0 saturated heterocycles. The normalized spacial score (nSPS) is 30.4. The van der Waals surface area contributed by atoms with Crippen LogP contribution in [0.1, 0.15) is 53.9 Å². The molecule has 1 heterocycles. The molecule has 7 nitrogen and oxygen atoms in total. The van der Waals surface area contributed by atoms with E-state index in [4.69, 9.17) is 0 Å². The Morgan fingerprint density at radius 3 is 2.43 bits per heavy atom. The van der Waals surface area contributed by atoms with Gasteiger partial charge in [0.2, 0.25) is 5.13 Å². The maximum Gasteiger partial charge on any atom is 0.270 e. The number of benzene rings is 1. The van der Waals surface area contributed by atoms with Crippen molar-refractivity contribution in [2.45, 2.75) is 43.9 Å². The zero-order valence-corrected chi connectivity index (χ0v) is 16.5. The van der Waals surface area contributed by atoms with Gasteiger partial charge in [-0.2, -0.15) is 0 Å². The van der Waals surface area contributed by atoms with Crippen molar-refractivity contribution in [3.05, 3.63) is 45.0 Å². The van der Waals surface area contributed by atoms with Crippen LogP contribution in [0.2, 0.25) is 0 Å². The van der Waals surface area contributed by atoms with Crippen molar-refractivity contribution in [2.24, 2.45) is 17.8 Å². The largest absolute Gasteiger partial charge is 0.286 e. The minimum absolute atomic E-state index is 0.0919. The first-order valence-corrected chi connectivity index (χ1v) is 10.6. The second-order valence-corrected chi connectivity index (χ2v) is 9.72. The molecular weight excluding hydrogens is 376 g/mol. The Labute approximate surface area is 166 Å². The van der Waals surface area contributed by atoms with Crippen LogP contribution in [0.4, 0.5) is 10.8 Å². The summed E-state index contributed by atoms with van der Waals surface area (Å²) >= 11 is 1.51. The lowest BCUT2D eigenvalue weighted by Crippen LogP contribution is -2.48. The van der Waals surface area contributed by atoms with Crippen LogP contribution in [0, 0.1) is 27.9 Å². The van der Waals surface area contributed by atoms with E-state index in [1.54, 1.807) is 13.1 Å². The summed E-state index contributed by atoms with van der Waals surface area (Å²) in [6.07, 6.45) is 7.73. The molecule has 4 aliphatic rings. The summed E-state index contributed by atoms with van der Waals surface area (Å²) in [6.45, 7) is 0. The lowest BCUT2D eigenvalue weighted by atomic mass is 9.50. The fourth-order valence-corrected chi connectivity index (χ4v) is 6.99. The van der Waals surface area contributed by atoms with Gasteiger partial charge in [0.05, 0.1) is 4.92 Å². The topological polar surface area (TPSA) is 89.2 Å². The Balaban J connectivity index is 1.40. The van der Waals surface area contributed by atoms with Crippen molar-refractivity contribution < 1.29 is 9.72 Å². The molecule has 0 unspecified atom stereocenters. The molecule has 6 rings (SSSR count). The number of non-ortho nitro benzene ring substituents is 1. The van der Waals surface area contributed by atoms with Gasteiger partial charge < -0.3 is 0 Å². The average molecular weight is 398 g/mol. The zero-order valence-electron chi connectivity index (χ0n) is 15.7. The second-order valence-electron chi connectivity index (χ2n) is 8.76. The van der Waals surface area contributed by atoms with E-state index in [9.17, 15) is 14.9 Å². The summed E-state index contributed by atoms with van der Waals surface area (Å²) in [6, 6.07) is 5.81. The molecule has 4 fully saturated rings. The van der Waals surface area contributed by atoms with Crippen LogP contribution in [-0.4, -0.2) is 28.1 Å². The van der Waals surface area contributed by atoms with Gasteiger partial charge in [-0.05, 0) is 62.3 Å². The maximum absolute atomic E-state index is 12.8. The molecule has 4 bridgehead atoms. The van der Waals surface area contributed by atoms with Crippen LogP contribution in [0.15, 0.2) is 24.3 Å². The van der Waals surface area contributed by atoms with Crippen LogP contribution in [0.25, 0.3) is 0 Å². The number of nitro groups is 1. The van der Waals surface area contributed by atoms with Crippen LogP contribution in [0.3, 0.4) is 0 Å². The first-order chi connectivity index (χ1) is 13.4. The molecular formula is C20H22N4O3S. The number of carbonyl (C=O) groups is 1. The number of rotatable bonds is 4. The fourth-order valence-electron chi connectivity index (χ4n) is 5.97. The quantitative estimate of drug-likeness (QED) is 0.569. The third-order valence-corrected chi connectivity index (χ3v) is 8.05. The third-order valence-electron chi connectivity index (χ3n) is 6.80. The van der Waals surface area contributed by atoms with E-state index < -0.39 is 4.92 Å². The van der Waals surface area contributed by atoms with Gasteiger partial charge in [0, 0.05) is 30.2 Å². The average Bonchev–Trinajstić information content (AvgIpc) is 3.17. The van der Waals surface area contributed by atoms with Gasteiger partial charge in [-0.15, -0.1) is 10.2 Å². The predicted molar refractivity (Wildman–Crippen MR) is 106 cm³/mol. The number of amides is 1. The van der Waals surface area contributed by atoms with E-state index in [-0.39, 0.29) is 22.6 Å². The molecule has 1 aromatic heterocycles. The molecule has 4 saturated carbocycles. The van der Waals surface area contributed by atoms with Crippen LogP contribution < -0.4 is 4.90 Å². The van der Waals surface area contributed by atoms with Gasteiger partial charge in [0.1, 0.15) is 5.01 Å². The molecule has 146 valence electrons. The predicted octanol–water partition coefficient (Wildman–Crippen LogP) is 4.19. The van der Waals surface area contributed by atoms with E-state index in [0.29, 0.717) is 5.13 Å². The SMILES string of the molecule is CN(C(=O)c1cccc([N+](=O)[O-])c1)c1nnc(C23CC4CC(CC(C4)C2)C3)s1. The Bertz CT molecular complexity index is 921. The van der Waals surface area contributed by atoms with Crippen molar-refractivity contribution in [1.29, 1.82) is 0 Å². The molecule has 4 aliphatic carbocycles. The Morgan fingerprint density at radius 1 is 1.18 bits per heavy atom. The number of carbonyl (C=O) groups excluding carboxylic acids is 1. The first kappa shape index (κ1) is 17.7. The van der Waals surface area contributed by atoms with E-state index in [1.807, 2.05) is 0 Å². The van der Waals surface area contributed by atoms with Gasteiger partial charge in [0.25, 0.3) is 11.6 Å². The second kappa shape index (κ2) is 6.34. The van der Waals surface area contributed by atoms with Crippen LogP contribution in [0.5, 0.6) is 0 Å². The van der Waals surface area contributed by atoms with E-state index in [2.05, 4.69) is 10.2 Å². The number of hydrogen-bond acceptors (Lipinski definition) is 6. The highest BCUT2D eigenvalue weighted by Gasteiger charge is 2.53. The Morgan fingerprint density at radius 2 is 1.82 bits per heavy atom. The van der Waals surface area contributed by atoms with Gasteiger partial charge in [0.15, 0.2) is 0 Å². The summed E-state index contributed by atoms with van der Waals surface area (Å²) in [7, 11) is 1.66. The molecule has 0 atom stereocenters. The monoisotopic (exact) mass is 398 g/mol. The molecule has 28 heavy (non-hydrogen) atoms. The number of anilines is 1. The molecule has 8 heteroatoms. The van der Waals surface area contributed by atoms with E-state index in [0.717, 1.165) is 22.8 Å².